The highest BCUT2D eigenvalue weighted by atomic mass is 35.5. The summed E-state index contributed by atoms with van der Waals surface area (Å²) >= 11 is 5.64. The van der Waals surface area contributed by atoms with Crippen molar-refractivity contribution in [3.8, 4) is 0 Å². The van der Waals surface area contributed by atoms with E-state index in [4.69, 9.17) is 11.6 Å². The fraction of sp³-hybridized carbons (Fsp3) is 0.433. The Kier molecular flexibility index (Phi) is 15.7. The average Bonchev–Trinajstić information content (AvgIpc) is 3.41. The average molecular weight is 477 g/mol. The van der Waals surface area contributed by atoms with Gasteiger partial charge in [-0.3, -0.25) is 0 Å². The Balaban J connectivity index is 0.000000240. The third-order valence-electron chi connectivity index (χ3n) is 6.19. The van der Waals surface area contributed by atoms with Crippen LogP contribution in [0.4, 0.5) is 0 Å². The van der Waals surface area contributed by atoms with Crippen LogP contribution in [0.25, 0.3) is 0 Å². The lowest BCUT2D eigenvalue weighted by Crippen LogP contribution is -2.41. The van der Waals surface area contributed by atoms with Crippen molar-refractivity contribution in [2.75, 3.05) is 0 Å². The van der Waals surface area contributed by atoms with E-state index in [0.717, 1.165) is 12.9 Å². The summed E-state index contributed by atoms with van der Waals surface area (Å²) in [6.45, 7) is 3.80. The van der Waals surface area contributed by atoms with Crippen LogP contribution in [0.5, 0.6) is 0 Å². The van der Waals surface area contributed by atoms with Crippen molar-refractivity contribution in [1.82, 2.24) is 9.55 Å². The van der Waals surface area contributed by atoms with E-state index in [1.54, 1.807) is 5.54 Å². The van der Waals surface area contributed by atoms with Crippen LogP contribution in [0.2, 0.25) is 6.32 Å². The first-order valence-electron chi connectivity index (χ1n) is 13.2. The molecule has 2 nitrogen and oxygen atoms in total. The van der Waals surface area contributed by atoms with Crippen LogP contribution in [0, 0.1) is 0 Å². The van der Waals surface area contributed by atoms with E-state index >= 15 is 0 Å². The van der Waals surface area contributed by atoms with E-state index in [2.05, 4.69) is 65.0 Å². The number of rotatable bonds is 15. The minimum absolute atomic E-state index is 0.382. The van der Waals surface area contributed by atoms with Crippen LogP contribution < -0.4 is 10.9 Å². The molecule has 3 aromatic rings. The van der Waals surface area contributed by atoms with Gasteiger partial charge in [0.05, 0.1) is 6.33 Å². The van der Waals surface area contributed by atoms with Gasteiger partial charge in [0.1, 0.15) is 0 Å². The van der Waals surface area contributed by atoms with Gasteiger partial charge in [-0.1, -0.05) is 154 Å². The summed E-state index contributed by atoms with van der Waals surface area (Å²) in [5, 5.41) is 0. The summed E-state index contributed by atoms with van der Waals surface area (Å²) in [5.41, 5.74) is 4.25. The van der Waals surface area contributed by atoms with Crippen molar-refractivity contribution < 1.29 is 0 Å². The van der Waals surface area contributed by atoms with E-state index in [0.29, 0.717) is 6.71 Å². The first kappa shape index (κ1) is 28.0. The maximum Gasteiger partial charge on any atom is 0.213 e. The summed E-state index contributed by atoms with van der Waals surface area (Å²) in [7, 11) is 0. The molecule has 0 atom stereocenters. The molecule has 0 aliphatic rings. The monoisotopic (exact) mass is 476 g/mol. The highest BCUT2D eigenvalue weighted by Gasteiger charge is 2.16. The van der Waals surface area contributed by atoms with Crippen molar-refractivity contribution in [3.05, 3.63) is 91.0 Å². The lowest BCUT2D eigenvalue weighted by Gasteiger charge is -2.12. The summed E-state index contributed by atoms with van der Waals surface area (Å²) in [4.78, 5) is 4.05. The molecule has 0 fully saturated rings. The Morgan fingerprint density at radius 3 is 1.76 bits per heavy atom. The van der Waals surface area contributed by atoms with Crippen LogP contribution in [-0.4, -0.2) is 16.3 Å². The first-order valence-corrected chi connectivity index (χ1v) is 13.6. The standard InChI is InChI=1S/C15H14BCl.C15H28N2/c17-13-7-12-16(14-8-3-1-4-9-14)15-10-5-2-6-11-15;1-2-3-4-5-6-7-8-9-10-11-13-17-14-12-16-15-17/h1-11,13H,12H2;12,14-15H,2-11,13H2,1H3. The molecule has 182 valence electrons. The van der Waals surface area contributed by atoms with Crippen LogP contribution in [-0.2, 0) is 6.54 Å². The fourth-order valence-corrected chi connectivity index (χ4v) is 4.33. The Hall–Kier alpha value is -2.26. The topological polar surface area (TPSA) is 17.8 Å². The predicted molar refractivity (Wildman–Crippen MR) is 152 cm³/mol. The molecule has 0 saturated heterocycles. The minimum atomic E-state index is 0.382. The Morgan fingerprint density at radius 1 is 0.765 bits per heavy atom. The van der Waals surface area contributed by atoms with Gasteiger partial charge in [-0.15, -0.1) is 0 Å². The molecule has 0 unspecified atom stereocenters. The van der Waals surface area contributed by atoms with Crippen LogP contribution in [0.15, 0.2) is 91.0 Å². The lowest BCUT2D eigenvalue weighted by atomic mass is 9.39. The number of hydrogen-bond donors (Lipinski definition) is 0. The molecule has 1 heterocycles. The van der Waals surface area contributed by atoms with E-state index in [1.165, 1.54) is 75.1 Å². The Bertz CT molecular complexity index is 811. The van der Waals surface area contributed by atoms with Gasteiger partial charge in [-0.05, 0) is 18.3 Å². The zero-order chi connectivity index (χ0) is 24.1. The molecule has 0 amide bonds. The van der Waals surface area contributed by atoms with Crippen molar-refractivity contribution in [2.24, 2.45) is 0 Å². The quantitative estimate of drug-likeness (QED) is 0.161. The number of aryl methyl sites for hydroxylation is 1. The molecule has 0 aliphatic carbocycles. The second-order valence-corrected chi connectivity index (χ2v) is 9.21. The summed E-state index contributed by atoms with van der Waals surface area (Å²) in [5.74, 6) is 0. The zero-order valence-electron chi connectivity index (χ0n) is 21.0. The maximum atomic E-state index is 5.64. The molecule has 4 heteroatoms. The molecular formula is C30H42BClN2. The van der Waals surface area contributed by atoms with Gasteiger partial charge in [-0.2, -0.15) is 0 Å². The number of imidazole rings is 1. The molecule has 1 aromatic heterocycles. The summed E-state index contributed by atoms with van der Waals surface area (Å²) < 4.78 is 2.17. The number of aromatic nitrogens is 2. The molecule has 3 rings (SSSR count). The molecule has 0 bridgehead atoms. The van der Waals surface area contributed by atoms with Gasteiger partial charge in [-0.25, -0.2) is 4.98 Å². The number of benzene rings is 2. The molecule has 0 radical (unpaired) electrons. The molecule has 34 heavy (non-hydrogen) atoms. The second kappa shape index (κ2) is 19.1. The van der Waals surface area contributed by atoms with E-state index in [-0.39, 0.29) is 0 Å². The molecule has 0 aliphatic heterocycles. The van der Waals surface area contributed by atoms with Gasteiger partial charge in [0, 0.05) is 18.9 Å². The smallest absolute Gasteiger partial charge is 0.213 e. The van der Waals surface area contributed by atoms with E-state index in [1.807, 2.05) is 36.9 Å². The van der Waals surface area contributed by atoms with Crippen molar-refractivity contribution >= 4 is 29.2 Å². The SMILES string of the molecule is CCCCCCCCCCCCn1ccnc1.ClC=CCB(c1ccccc1)c1ccccc1. The predicted octanol–water partition coefficient (Wildman–Crippen LogP) is 7.85. The fourth-order valence-electron chi connectivity index (χ4n) is 4.22. The maximum absolute atomic E-state index is 5.64. The van der Waals surface area contributed by atoms with Crippen molar-refractivity contribution in [3.63, 3.8) is 0 Å². The Morgan fingerprint density at radius 2 is 1.29 bits per heavy atom. The number of allylic oxidation sites excluding steroid dienone is 1. The number of unbranched alkanes of at least 4 members (excludes halogenated alkanes) is 9. The Labute approximate surface area is 213 Å². The number of hydrogen-bond acceptors (Lipinski definition) is 1. The minimum Gasteiger partial charge on any atom is -0.337 e. The van der Waals surface area contributed by atoms with Gasteiger partial charge in [0.25, 0.3) is 0 Å². The van der Waals surface area contributed by atoms with Gasteiger partial charge < -0.3 is 4.57 Å². The molecule has 0 N–H and O–H groups in total. The van der Waals surface area contributed by atoms with Crippen LogP contribution in [0.1, 0.15) is 71.1 Å². The third-order valence-corrected chi connectivity index (χ3v) is 6.37. The molecule has 0 saturated carbocycles. The molecule has 0 spiro atoms. The largest absolute Gasteiger partial charge is 0.337 e. The first-order chi connectivity index (χ1) is 16.8. The van der Waals surface area contributed by atoms with Crippen molar-refractivity contribution in [1.29, 1.82) is 0 Å². The van der Waals surface area contributed by atoms with Crippen LogP contribution >= 0.6 is 11.6 Å². The highest BCUT2D eigenvalue weighted by molar-refractivity contribution is 6.85. The van der Waals surface area contributed by atoms with Crippen LogP contribution in [0.3, 0.4) is 0 Å². The van der Waals surface area contributed by atoms with Crippen molar-refractivity contribution in [2.45, 2.75) is 84.0 Å². The third kappa shape index (κ3) is 12.3. The lowest BCUT2D eigenvalue weighted by molar-refractivity contribution is 0.534. The van der Waals surface area contributed by atoms with E-state index in [9.17, 15) is 0 Å². The normalized spacial score (nSPS) is 10.8. The molecular weight excluding hydrogens is 435 g/mol. The summed E-state index contributed by atoms with van der Waals surface area (Å²) in [6.07, 6.45) is 22.8. The van der Waals surface area contributed by atoms with Gasteiger partial charge in [0.2, 0.25) is 6.71 Å². The zero-order valence-corrected chi connectivity index (χ0v) is 21.8. The summed E-state index contributed by atoms with van der Waals surface area (Å²) in [6, 6.07) is 21.1. The van der Waals surface area contributed by atoms with Gasteiger partial charge in [0.15, 0.2) is 0 Å². The van der Waals surface area contributed by atoms with Gasteiger partial charge >= 0.3 is 0 Å². The number of halogens is 1. The second-order valence-electron chi connectivity index (χ2n) is 8.95. The van der Waals surface area contributed by atoms with E-state index < -0.39 is 0 Å². The number of nitrogens with zero attached hydrogens (tertiary/aromatic N) is 2. The highest BCUT2D eigenvalue weighted by Crippen LogP contribution is 2.10. The molecule has 2 aromatic carbocycles.